The zero-order valence-electron chi connectivity index (χ0n) is 11.8. The van der Waals surface area contributed by atoms with Crippen molar-refractivity contribution in [2.45, 2.75) is 12.8 Å². The number of Topliss-reactive ketones (excluding diaryl/α,β-unsaturated/α-hetero) is 2. The van der Waals surface area contributed by atoms with Crippen LogP contribution < -0.4 is 5.32 Å². The lowest BCUT2D eigenvalue weighted by Crippen LogP contribution is -2.33. The van der Waals surface area contributed by atoms with E-state index in [4.69, 9.17) is 11.6 Å². The molecule has 1 fully saturated rings. The molecule has 0 saturated heterocycles. The van der Waals surface area contributed by atoms with Crippen molar-refractivity contribution in [3.63, 3.8) is 0 Å². The second kappa shape index (κ2) is 7.10. The van der Waals surface area contributed by atoms with Crippen LogP contribution in [0.25, 0.3) is 0 Å². The van der Waals surface area contributed by atoms with Gasteiger partial charge in [-0.1, -0.05) is 11.6 Å². The summed E-state index contributed by atoms with van der Waals surface area (Å²) in [5.74, 6) is -5.36. The Labute approximate surface area is 138 Å². The first kappa shape index (κ1) is 17.4. The lowest BCUT2D eigenvalue weighted by molar-refractivity contribution is -0.144. The molecule has 1 aromatic carbocycles. The van der Waals surface area contributed by atoms with Crippen LogP contribution in [0.1, 0.15) is 23.2 Å². The number of carbonyl (C=O) groups excluding carboxylic acids is 2. The molecule has 0 spiro atoms. The van der Waals surface area contributed by atoms with Gasteiger partial charge in [-0.3, -0.25) is 14.4 Å². The van der Waals surface area contributed by atoms with E-state index in [0.29, 0.717) is 18.5 Å². The molecule has 1 aliphatic rings. The summed E-state index contributed by atoms with van der Waals surface area (Å²) < 4.78 is 21.1. The molecule has 0 heterocycles. The van der Waals surface area contributed by atoms with Gasteiger partial charge in [0.25, 0.3) is 0 Å². The monoisotopic (exact) mass is 359 g/mol. The highest BCUT2D eigenvalue weighted by molar-refractivity contribution is 7.72. The highest BCUT2D eigenvalue weighted by Gasteiger charge is 2.43. The topological polar surface area (TPSA) is 118 Å². The van der Waals surface area contributed by atoms with E-state index in [2.05, 4.69) is 5.32 Å². The molecule has 2 N–H and O–H groups in total. The number of aliphatic carboxylic acids is 1. The van der Waals surface area contributed by atoms with Crippen LogP contribution in [-0.2, 0) is 20.3 Å². The minimum atomic E-state index is -2.63. The SMILES string of the molecule is O=C(O)C(C(=O)c1ccc(NC[SH](=O)=O)cc1Cl)C(=O)C1CC1. The maximum atomic E-state index is 12.4. The van der Waals surface area contributed by atoms with E-state index >= 15 is 0 Å². The number of carboxylic acids is 1. The molecule has 1 atom stereocenters. The Morgan fingerprint density at radius 3 is 2.43 bits per heavy atom. The fourth-order valence-corrected chi connectivity index (χ4v) is 2.69. The molecular weight excluding hydrogens is 346 g/mol. The quantitative estimate of drug-likeness (QED) is 0.362. The molecule has 7 nitrogen and oxygen atoms in total. The summed E-state index contributed by atoms with van der Waals surface area (Å²) in [4.78, 5) is 35.6. The molecule has 0 bridgehead atoms. The van der Waals surface area contributed by atoms with Crippen LogP contribution in [0, 0.1) is 11.8 Å². The Kier molecular flexibility index (Phi) is 5.38. The molecule has 0 amide bonds. The molecule has 1 aliphatic carbocycles. The number of anilines is 1. The van der Waals surface area contributed by atoms with Gasteiger partial charge >= 0.3 is 5.97 Å². The molecule has 2 rings (SSSR count). The maximum Gasteiger partial charge on any atom is 0.322 e. The molecular formula is C14H14ClNO6S. The lowest BCUT2D eigenvalue weighted by Gasteiger charge is -2.12. The first-order valence-electron chi connectivity index (χ1n) is 6.77. The van der Waals surface area contributed by atoms with Gasteiger partial charge < -0.3 is 10.4 Å². The smallest absolute Gasteiger partial charge is 0.322 e. The Morgan fingerprint density at radius 1 is 1.30 bits per heavy atom. The van der Waals surface area contributed by atoms with E-state index < -0.39 is 34.2 Å². The molecule has 0 aromatic heterocycles. The van der Waals surface area contributed by atoms with Gasteiger partial charge in [0, 0.05) is 17.2 Å². The number of rotatable bonds is 8. The molecule has 1 aromatic rings. The number of ketones is 2. The number of hydrogen-bond donors (Lipinski definition) is 3. The second-order valence-corrected chi connectivity index (χ2v) is 6.56. The van der Waals surface area contributed by atoms with Gasteiger partial charge in [-0.15, -0.1) is 0 Å². The molecule has 0 radical (unpaired) electrons. The maximum absolute atomic E-state index is 12.4. The zero-order chi connectivity index (χ0) is 17.1. The van der Waals surface area contributed by atoms with Crippen molar-refractivity contribution >= 4 is 45.5 Å². The van der Waals surface area contributed by atoms with Gasteiger partial charge in [0.1, 0.15) is 5.88 Å². The van der Waals surface area contributed by atoms with Gasteiger partial charge in [0.05, 0.1) is 5.02 Å². The molecule has 124 valence electrons. The molecule has 9 heteroatoms. The lowest BCUT2D eigenvalue weighted by atomic mass is 9.91. The van der Waals surface area contributed by atoms with Crippen LogP contribution in [0.2, 0.25) is 5.02 Å². The van der Waals surface area contributed by atoms with E-state index in [1.807, 2.05) is 0 Å². The molecule has 0 aliphatic heterocycles. The van der Waals surface area contributed by atoms with Crippen LogP contribution in [0.4, 0.5) is 5.69 Å². The first-order valence-corrected chi connectivity index (χ1v) is 8.51. The Morgan fingerprint density at radius 2 is 1.96 bits per heavy atom. The van der Waals surface area contributed by atoms with Crippen LogP contribution in [0.3, 0.4) is 0 Å². The van der Waals surface area contributed by atoms with Crippen LogP contribution in [0.15, 0.2) is 18.2 Å². The second-order valence-electron chi connectivity index (χ2n) is 5.17. The summed E-state index contributed by atoms with van der Waals surface area (Å²) in [5.41, 5.74) is 0.288. The molecule has 23 heavy (non-hydrogen) atoms. The third-order valence-electron chi connectivity index (χ3n) is 3.42. The first-order chi connectivity index (χ1) is 10.8. The van der Waals surface area contributed by atoms with Crippen molar-refractivity contribution in [3.8, 4) is 0 Å². The van der Waals surface area contributed by atoms with E-state index in [1.54, 1.807) is 0 Å². The standard InChI is InChI=1S/C14H14ClNO6S/c15-10-5-8(16-6-23(21)22)3-4-9(10)13(18)11(14(19)20)12(17)7-1-2-7/h3-5,7,11,16,23H,1-2,6H2,(H,19,20). The van der Waals surface area contributed by atoms with Crippen molar-refractivity contribution in [1.82, 2.24) is 0 Å². The summed E-state index contributed by atoms with van der Waals surface area (Å²) >= 11 is 5.97. The van der Waals surface area contributed by atoms with Crippen molar-refractivity contribution in [2.24, 2.45) is 11.8 Å². The van der Waals surface area contributed by atoms with Crippen molar-refractivity contribution in [1.29, 1.82) is 0 Å². The van der Waals surface area contributed by atoms with Crippen molar-refractivity contribution < 1.29 is 27.9 Å². The van der Waals surface area contributed by atoms with Crippen molar-refractivity contribution in [3.05, 3.63) is 28.8 Å². The number of halogens is 1. The van der Waals surface area contributed by atoms with Crippen LogP contribution in [-0.4, -0.2) is 36.9 Å². The van der Waals surface area contributed by atoms with Crippen molar-refractivity contribution in [2.75, 3.05) is 11.2 Å². The van der Waals surface area contributed by atoms with Crippen LogP contribution >= 0.6 is 11.6 Å². The number of carbonyl (C=O) groups is 3. The van der Waals surface area contributed by atoms with Gasteiger partial charge in [-0.05, 0) is 31.0 Å². The Balaban J connectivity index is 2.23. The summed E-state index contributed by atoms with van der Waals surface area (Å²) in [6.07, 6.45) is 1.19. The van der Waals surface area contributed by atoms with Gasteiger partial charge in [0.2, 0.25) is 0 Å². The molecule has 1 unspecified atom stereocenters. The third-order valence-corrected chi connectivity index (χ3v) is 4.15. The average molecular weight is 360 g/mol. The average Bonchev–Trinajstić information content (AvgIpc) is 3.29. The summed E-state index contributed by atoms with van der Waals surface area (Å²) in [6, 6.07) is 3.99. The minimum Gasteiger partial charge on any atom is -0.480 e. The number of hydrogen-bond acceptors (Lipinski definition) is 6. The predicted octanol–water partition coefficient (Wildman–Crippen LogP) is 1.18. The summed E-state index contributed by atoms with van der Waals surface area (Å²) in [5, 5.41) is 11.7. The fraction of sp³-hybridized carbons (Fsp3) is 0.357. The molecule has 1 saturated carbocycles. The van der Waals surface area contributed by atoms with Crippen LogP contribution in [0.5, 0.6) is 0 Å². The Bertz CT molecular complexity index is 733. The third kappa shape index (κ3) is 4.29. The predicted molar refractivity (Wildman–Crippen MR) is 83.4 cm³/mol. The highest BCUT2D eigenvalue weighted by Crippen LogP contribution is 2.34. The summed E-state index contributed by atoms with van der Waals surface area (Å²) in [6.45, 7) is 0. The highest BCUT2D eigenvalue weighted by atomic mass is 35.5. The van der Waals surface area contributed by atoms with E-state index in [0.717, 1.165) is 0 Å². The van der Waals surface area contributed by atoms with E-state index in [1.165, 1.54) is 18.2 Å². The van der Waals surface area contributed by atoms with Gasteiger partial charge in [-0.25, -0.2) is 8.42 Å². The fourth-order valence-electron chi connectivity index (χ4n) is 2.10. The largest absolute Gasteiger partial charge is 0.480 e. The summed E-state index contributed by atoms with van der Waals surface area (Å²) in [7, 11) is -2.63. The van der Waals surface area contributed by atoms with Gasteiger partial charge in [0.15, 0.2) is 28.2 Å². The normalized spacial score (nSPS) is 15.2. The van der Waals surface area contributed by atoms with Gasteiger partial charge in [-0.2, -0.15) is 0 Å². The minimum absolute atomic E-state index is 0.0454. The number of carboxylic acid groups (broad SMARTS) is 1. The van der Waals surface area contributed by atoms with E-state index in [9.17, 15) is 27.9 Å². The Hall–Kier alpha value is -1.93. The number of nitrogens with one attached hydrogen (secondary N) is 1. The number of benzene rings is 1. The van der Waals surface area contributed by atoms with E-state index in [-0.39, 0.29) is 22.4 Å². The zero-order valence-corrected chi connectivity index (χ0v) is 13.5. The number of thiol groups is 1.